The van der Waals surface area contributed by atoms with Crippen molar-refractivity contribution in [3.63, 3.8) is 0 Å². The average Bonchev–Trinajstić information content (AvgIpc) is 1.41. The first kappa shape index (κ1) is 5.31. The summed E-state index contributed by atoms with van der Waals surface area (Å²) in [6, 6.07) is 1.32. The van der Waals surface area contributed by atoms with E-state index in [1.54, 1.807) is 5.37 Å². The summed E-state index contributed by atoms with van der Waals surface area (Å²) in [7, 11) is 1.30. The lowest BCUT2D eigenvalue weighted by Gasteiger charge is -1.70. The van der Waals surface area contributed by atoms with Crippen molar-refractivity contribution in [2.75, 3.05) is 0 Å². The largest absolute Gasteiger partial charge is 0.0935 e. The zero-order valence-corrected chi connectivity index (χ0v) is 6.22. The minimum Gasteiger partial charge on any atom is -0.0935 e. The van der Waals surface area contributed by atoms with E-state index in [-0.39, 0.29) is 0 Å². The minimum atomic E-state index is 1.14. The summed E-state index contributed by atoms with van der Waals surface area (Å²) in [6.45, 7) is 0. The molecule has 0 aliphatic rings. The summed E-state index contributed by atoms with van der Waals surface area (Å²) >= 11 is 4.55. The fourth-order valence-electron chi connectivity index (χ4n) is 0.118. The summed E-state index contributed by atoms with van der Waals surface area (Å²) in [4.78, 5) is 0. The van der Waals surface area contributed by atoms with E-state index in [0.29, 0.717) is 0 Å². The van der Waals surface area contributed by atoms with Gasteiger partial charge in [-0.3, -0.25) is 0 Å². The number of hydrogen-bond donors (Lipinski definition) is 0. The van der Waals surface area contributed by atoms with E-state index in [2.05, 4.69) is 12.2 Å². The van der Waals surface area contributed by atoms with Crippen LogP contribution in [0.25, 0.3) is 0 Å². The Morgan fingerprint density at radius 2 is 2.40 bits per heavy atom. The van der Waals surface area contributed by atoms with Crippen molar-refractivity contribution in [2.45, 2.75) is 12.5 Å². The Kier molecular flexibility index (Phi) is 4.57. The van der Waals surface area contributed by atoms with Gasteiger partial charge in [-0.1, -0.05) is 18.3 Å². The van der Waals surface area contributed by atoms with Crippen LogP contribution in [-0.4, -0.2) is 15.6 Å². The Bertz CT molecular complexity index is 28.1. The van der Waals surface area contributed by atoms with E-state index in [1.165, 1.54) is 16.3 Å². The minimum absolute atomic E-state index is 1.14. The van der Waals surface area contributed by atoms with Crippen LogP contribution < -0.4 is 0 Å². The third kappa shape index (κ3) is 4.31. The van der Waals surface area contributed by atoms with Gasteiger partial charge in [0.15, 0.2) is 0 Å². The molecule has 0 radical (unpaired) electrons. The van der Waals surface area contributed by atoms with Gasteiger partial charge in [0.05, 0.1) is 0 Å². The monoisotopic (exact) mass is 104 g/mol. The van der Waals surface area contributed by atoms with Crippen molar-refractivity contribution in [3.8, 4) is 0 Å². The molecule has 0 aromatic heterocycles. The summed E-state index contributed by atoms with van der Waals surface area (Å²) in [6.07, 6.45) is 1.14. The first-order valence-electron chi connectivity index (χ1n) is 1.85. The highest BCUT2D eigenvalue weighted by Crippen LogP contribution is 1.74. The van der Waals surface area contributed by atoms with Gasteiger partial charge in [0.2, 0.25) is 0 Å². The lowest BCUT2D eigenvalue weighted by Crippen LogP contribution is -1.65. The second-order valence-corrected chi connectivity index (χ2v) is 2.29. The molecule has 0 heterocycles. The molecular weight excluding hydrogens is 96.2 g/mol. The van der Waals surface area contributed by atoms with Gasteiger partial charge in [-0.2, -0.15) is 0 Å². The van der Waals surface area contributed by atoms with Crippen molar-refractivity contribution >= 4 is 27.8 Å². The van der Waals surface area contributed by atoms with Gasteiger partial charge in [-0.25, -0.2) is 0 Å². The molecule has 0 aliphatic heterocycles. The van der Waals surface area contributed by atoms with Gasteiger partial charge in [0, 0.05) is 10.2 Å². The molecule has 0 amide bonds. The van der Waals surface area contributed by atoms with Gasteiger partial charge >= 0.3 is 0 Å². The third-order valence-electron chi connectivity index (χ3n) is 0.407. The summed E-state index contributed by atoms with van der Waals surface area (Å²) in [5, 5.41) is 1.80. The maximum Gasteiger partial charge on any atom is 0.00322 e. The van der Waals surface area contributed by atoms with Crippen LogP contribution in [0.4, 0.5) is 0 Å². The van der Waals surface area contributed by atoms with Crippen LogP contribution in [0, 0.1) is 0 Å². The Hall–Kier alpha value is 0.307. The molecule has 0 atom stereocenters. The number of rotatable bonds is 2. The molecule has 0 saturated heterocycles. The predicted molar refractivity (Wildman–Crippen MR) is 33.0 cm³/mol. The van der Waals surface area contributed by atoms with Crippen LogP contribution in [0.5, 0.6) is 0 Å². The van der Waals surface area contributed by atoms with E-state index >= 15 is 0 Å². The molecule has 0 aliphatic carbocycles. The van der Waals surface area contributed by atoms with Crippen LogP contribution in [0.1, 0.15) is 6.42 Å². The second-order valence-electron chi connectivity index (χ2n) is 0.955. The quantitative estimate of drug-likeness (QED) is 0.355. The zero-order chi connectivity index (χ0) is 4.12. The van der Waals surface area contributed by atoms with Gasteiger partial charge in [-0.05, 0) is 11.8 Å². The molecule has 5 heavy (non-hydrogen) atoms. The van der Waals surface area contributed by atoms with Crippen LogP contribution in [0.15, 0.2) is 0 Å². The number of hydrogen-bond acceptors (Lipinski definition) is 1. The van der Waals surface area contributed by atoms with Crippen molar-refractivity contribution in [2.24, 2.45) is 0 Å². The molecule has 0 aromatic rings. The van der Waals surface area contributed by atoms with Gasteiger partial charge in [-0.15, -0.1) is 0 Å². The summed E-state index contributed by atoms with van der Waals surface area (Å²) < 4.78 is 0. The smallest absolute Gasteiger partial charge is 0.00322 e. The molecule has 0 aromatic carbocycles. The standard InChI is InChI=1S/C3H8SSi/c4-2-1-3-5/h2H,1,3H2,5H3. The Morgan fingerprint density at radius 1 is 1.80 bits per heavy atom. The van der Waals surface area contributed by atoms with E-state index in [9.17, 15) is 0 Å². The maximum atomic E-state index is 4.55. The van der Waals surface area contributed by atoms with Gasteiger partial charge in [0.25, 0.3) is 0 Å². The molecule has 0 bridgehead atoms. The SMILES string of the molecule is [SiH3]CCC=S. The fraction of sp³-hybridized carbons (Fsp3) is 0.667. The molecular formula is C3H8SSi. The van der Waals surface area contributed by atoms with Gasteiger partial charge in [0.1, 0.15) is 0 Å². The summed E-state index contributed by atoms with van der Waals surface area (Å²) in [5.41, 5.74) is 0. The molecule has 0 rings (SSSR count). The second kappa shape index (κ2) is 4.31. The molecule has 2 heteroatoms. The number of thiocarbonyl (C=S) groups is 1. The molecule has 0 saturated carbocycles. The topological polar surface area (TPSA) is 0 Å². The average molecular weight is 104 g/mol. The lowest BCUT2D eigenvalue weighted by atomic mass is 10.6. The molecule has 0 nitrogen and oxygen atoms in total. The third-order valence-corrected chi connectivity index (χ3v) is 1.22. The van der Waals surface area contributed by atoms with E-state index in [0.717, 1.165) is 6.42 Å². The normalized spacial score (nSPS) is 8.00. The van der Waals surface area contributed by atoms with Crippen LogP contribution in [0.2, 0.25) is 6.04 Å². The molecule has 0 unspecified atom stereocenters. The van der Waals surface area contributed by atoms with Crippen molar-refractivity contribution in [1.29, 1.82) is 0 Å². The maximum absolute atomic E-state index is 4.55. The van der Waals surface area contributed by atoms with Crippen molar-refractivity contribution in [1.82, 2.24) is 0 Å². The lowest BCUT2D eigenvalue weighted by molar-refractivity contribution is 1.34. The molecule has 0 N–H and O–H groups in total. The Balaban J connectivity index is 2.40. The van der Waals surface area contributed by atoms with E-state index < -0.39 is 0 Å². The molecule has 30 valence electrons. The van der Waals surface area contributed by atoms with Crippen LogP contribution in [-0.2, 0) is 0 Å². The first-order valence-corrected chi connectivity index (χ1v) is 3.74. The van der Waals surface area contributed by atoms with Crippen LogP contribution in [0.3, 0.4) is 0 Å². The summed E-state index contributed by atoms with van der Waals surface area (Å²) in [5.74, 6) is 0. The predicted octanol–water partition coefficient (Wildman–Crippen LogP) is 0.160. The van der Waals surface area contributed by atoms with Crippen LogP contribution >= 0.6 is 12.2 Å². The van der Waals surface area contributed by atoms with E-state index in [1.807, 2.05) is 0 Å². The highest BCUT2D eigenvalue weighted by Gasteiger charge is 1.63. The first-order chi connectivity index (χ1) is 2.41. The highest BCUT2D eigenvalue weighted by molar-refractivity contribution is 7.78. The van der Waals surface area contributed by atoms with Crippen molar-refractivity contribution < 1.29 is 0 Å². The molecule has 0 spiro atoms. The molecule has 0 fully saturated rings. The van der Waals surface area contributed by atoms with Gasteiger partial charge < -0.3 is 0 Å². The van der Waals surface area contributed by atoms with Crippen molar-refractivity contribution in [3.05, 3.63) is 0 Å². The Morgan fingerprint density at radius 3 is 2.40 bits per heavy atom. The fourth-order valence-corrected chi connectivity index (χ4v) is 1.06. The highest BCUT2D eigenvalue weighted by atomic mass is 32.1. The van der Waals surface area contributed by atoms with E-state index in [4.69, 9.17) is 0 Å². The Labute approximate surface area is 41.0 Å². The zero-order valence-electron chi connectivity index (χ0n) is 3.40.